The van der Waals surface area contributed by atoms with Gasteiger partial charge in [0, 0.05) is 18.8 Å². The van der Waals surface area contributed by atoms with Crippen LogP contribution in [0.4, 0.5) is 5.69 Å². The van der Waals surface area contributed by atoms with E-state index in [1.165, 1.54) is 4.90 Å². The Morgan fingerprint density at radius 3 is 2.77 bits per heavy atom. The van der Waals surface area contributed by atoms with Crippen LogP contribution >= 0.6 is 0 Å². The first-order chi connectivity index (χ1) is 14.8. The van der Waals surface area contributed by atoms with E-state index in [-0.39, 0.29) is 25.6 Å². The van der Waals surface area contributed by atoms with Crippen molar-refractivity contribution < 1.29 is 29.3 Å². The topological polar surface area (TPSA) is 107 Å². The molecule has 8 heteroatoms. The largest absolute Gasteiger partial charge is 0.481 e. The molecule has 2 N–H and O–H groups in total. The van der Waals surface area contributed by atoms with E-state index in [2.05, 4.69) is 6.58 Å². The minimum atomic E-state index is -1.19. The smallest absolute Gasteiger partial charge is 0.310 e. The molecule has 3 aliphatic heterocycles. The molecule has 0 aromatic heterocycles. The molecular weight excluding hydrogens is 400 g/mol. The van der Waals surface area contributed by atoms with Gasteiger partial charge in [0.15, 0.2) is 0 Å². The summed E-state index contributed by atoms with van der Waals surface area (Å²) in [5.74, 6) is -3.76. The summed E-state index contributed by atoms with van der Waals surface area (Å²) >= 11 is 0. The predicted octanol–water partition coefficient (Wildman–Crippen LogP) is 1.27. The molecule has 8 nitrogen and oxygen atoms in total. The molecule has 3 saturated heterocycles. The van der Waals surface area contributed by atoms with E-state index in [0.29, 0.717) is 18.5 Å². The highest BCUT2D eigenvalue weighted by atomic mass is 16.5. The number of anilines is 1. The van der Waals surface area contributed by atoms with Crippen molar-refractivity contribution in [3.8, 4) is 0 Å². The number of fused-ring (bicyclic) bond motifs is 1. The molecular formula is C23H28N2O6. The second-order valence-corrected chi connectivity index (χ2v) is 8.68. The number of carboxylic acids is 1. The van der Waals surface area contributed by atoms with E-state index in [4.69, 9.17) is 4.74 Å². The molecule has 0 saturated carbocycles. The molecule has 3 fully saturated rings. The highest BCUT2D eigenvalue weighted by Gasteiger charge is 2.74. The maximum atomic E-state index is 14.0. The summed E-state index contributed by atoms with van der Waals surface area (Å²) in [6.45, 7) is 7.47. The van der Waals surface area contributed by atoms with E-state index >= 15 is 0 Å². The van der Waals surface area contributed by atoms with Crippen LogP contribution in [-0.2, 0) is 19.1 Å². The van der Waals surface area contributed by atoms with Gasteiger partial charge in [0.25, 0.3) is 5.91 Å². The Labute approximate surface area is 181 Å². The van der Waals surface area contributed by atoms with E-state index in [1.807, 2.05) is 32.0 Å². The van der Waals surface area contributed by atoms with Crippen LogP contribution in [0.5, 0.6) is 0 Å². The quantitative estimate of drug-likeness (QED) is 0.634. The van der Waals surface area contributed by atoms with Crippen molar-refractivity contribution in [1.82, 2.24) is 4.90 Å². The Morgan fingerprint density at radius 1 is 1.39 bits per heavy atom. The predicted molar refractivity (Wildman–Crippen MR) is 113 cm³/mol. The average Bonchev–Trinajstić information content (AvgIpc) is 3.36. The fourth-order valence-corrected chi connectivity index (χ4v) is 5.66. The zero-order valence-electron chi connectivity index (χ0n) is 17.8. The lowest BCUT2D eigenvalue weighted by Crippen LogP contribution is -2.57. The van der Waals surface area contributed by atoms with Crippen molar-refractivity contribution in [3.63, 3.8) is 0 Å². The Hall–Kier alpha value is -2.71. The highest BCUT2D eigenvalue weighted by Crippen LogP contribution is 2.58. The van der Waals surface area contributed by atoms with Crippen LogP contribution in [0.3, 0.4) is 0 Å². The van der Waals surface area contributed by atoms with Gasteiger partial charge in [-0.25, -0.2) is 0 Å². The van der Waals surface area contributed by atoms with Gasteiger partial charge in [-0.1, -0.05) is 18.2 Å². The number of aliphatic hydroxyl groups excluding tert-OH is 1. The van der Waals surface area contributed by atoms with E-state index < -0.39 is 41.5 Å². The number of carbonyl (C=O) groups excluding carboxylic acids is 2. The van der Waals surface area contributed by atoms with Gasteiger partial charge >= 0.3 is 5.97 Å². The number of amides is 2. The third kappa shape index (κ3) is 3.08. The number of hydrogen-bond acceptors (Lipinski definition) is 5. The van der Waals surface area contributed by atoms with Crippen LogP contribution in [0, 0.1) is 25.7 Å². The molecule has 166 valence electrons. The molecule has 3 aliphatic rings. The molecule has 31 heavy (non-hydrogen) atoms. The summed E-state index contributed by atoms with van der Waals surface area (Å²) in [6.07, 6.45) is 1.97. The molecule has 4 rings (SSSR count). The average molecular weight is 428 g/mol. The molecule has 2 amide bonds. The number of aryl methyl sites for hydroxylation is 2. The number of hydrogen-bond donors (Lipinski definition) is 2. The number of carboxylic acid groups (broad SMARTS) is 1. The van der Waals surface area contributed by atoms with Crippen LogP contribution in [0.1, 0.15) is 24.0 Å². The van der Waals surface area contributed by atoms with Crippen molar-refractivity contribution in [1.29, 1.82) is 0 Å². The van der Waals surface area contributed by atoms with E-state index in [0.717, 1.165) is 11.1 Å². The molecule has 1 aromatic carbocycles. The normalized spacial score (nSPS) is 31.1. The summed E-state index contributed by atoms with van der Waals surface area (Å²) in [4.78, 5) is 42.2. The van der Waals surface area contributed by atoms with Crippen LogP contribution in [0.25, 0.3) is 0 Å². The zero-order valence-corrected chi connectivity index (χ0v) is 17.8. The lowest BCUT2D eigenvalue weighted by atomic mass is 9.70. The number of aliphatic hydroxyl groups is 1. The van der Waals surface area contributed by atoms with Gasteiger partial charge in [0.05, 0.1) is 24.5 Å². The molecule has 1 aromatic rings. The molecule has 0 radical (unpaired) electrons. The van der Waals surface area contributed by atoms with Crippen LogP contribution in [0.2, 0.25) is 0 Å². The number of ether oxygens (including phenoxy) is 1. The first kappa shape index (κ1) is 21.5. The number of β-amino-alcohol motifs (C(OH)–C–C–N with tert-alkyl or cyclic N) is 1. The zero-order chi connectivity index (χ0) is 22.5. The number of carbonyl (C=O) groups is 3. The Balaban J connectivity index is 1.80. The Morgan fingerprint density at radius 2 is 2.13 bits per heavy atom. The van der Waals surface area contributed by atoms with Crippen LogP contribution < -0.4 is 4.90 Å². The SMILES string of the molecule is C=CCN(C(=O)[C@@H]1N(CCO)C(=O)[C@H]2[C@H](C(=O)O)[C@@H]3CC[C@]12O3)c1cc(C)ccc1C. The van der Waals surface area contributed by atoms with Gasteiger partial charge in [0.2, 0.25) is 5.91 Å². The Kier molecular flexibility index (Phi) is 5.39. The fraction of sp³-hybridized carbons (Fsp3) is 0.522. The lowest BCUT2D eigenvalue weighted by molar-refractivity contribution is -0.149. The number of rotatable bonds is 7. The fourth-order valence-electron chi connectivity index (χ4n) is 5.66. The van der Waals surface area contributed by atoms with Gasteiger partial charge in [-0.15, -0.1) is 6.58 Å². The Bertz CT molecular complexity index is 946. The maximum absolute atomic E-state index is 14.0. The van der Waals surface area contributed by atoms with Gasteiger partial charge < -0.3 is 24.7 Å². The summed E-state index contributed by atoms with van der Waals surface area (Å²) in [5, 5.41) is 19.4. The van der Waals surface area contributed by atoms with Crippen molar-refractivity contribution in [2.24, 2.45) is 11.8 Å². The molecule has 5 atom stereocenters. The molecule has 3 heterocycles. The molecule has 0 unspecified atom stereocenters. The standard InChI is InChI=1S/C23H28N2O6/c1-4-9-24(15-12-13(2)5-6-14(15)3)21(28)19-23-8-7-16(31-23)17(22(29)30)18(23)20(27)25(19)10-11-26/h4-6,12,16-19,26H,1,7-11H2,2-3H3,(H,29,30)/t16-,17+,18+,19-,23+/m0/s1. The van der Waals surface area contributed by atoms with Gasteiger partial charge in [-0.2, -0.15) is 0 Å². The minimum absolute atomic E-state index is 0.0530. The van der Waals surface area contributed by atoms with E-state index in [1.54, 1.807) is 11.0 Å². The summed E-state index contributed by atoms with van der Waals surface area (Å²) < 4.78 is 6.16. The highest BCUT2D eigenvalue weighted by molar-refractivity contribution is 6.05. The molecule has 0 aliphatic carbocycles. The van der Waals surface area contributed by atoms with Crippen LogP contribution in [0.15, 0.2) is 30.9 Å². The van der Waals surface area contributed by atoms with Crippen molar-refractivity contribution >= 4 is 23.5 Å². The summed E-state index contributed by atoms with van der Waals surface area (Å²) in [5.41, 5.74) is 1.41. The molecule has 1 spiro atoms. The lowest BCUT2D eigenvalue weighted by Gasteiger charge is -2.37. The third-order valence-electron chi connectivity index (χ3n) is 6.89. The number of nitrogens with zero attached hydrogens (tertiary/aromatic N) is 2. The second-order valence-electron chi connectivity index (χ2n) is 8.68. The third-order valence-corrected chi connectivity index (χ3v) is 6.89. The van der Waals surface area contributed by atoms with Crippen molar-refractivity contribution in [2.75, 3.05) is 24.6 Å². The number of benzene rings is 1. The van der Waals surface area contributed by atoms with Crippen molar-refractivity contribution in [2.45, 2.75) is 44.4 Å². The first-order valence-electron chi connectivity index (χ1n) is 10.6. The summed E-state index contributed by atoms with van der Waals surface area (Å²) in [6, 6.07) is 4.80. The molecule has 2 bridgehead atoms. The van der Waals surface area contributed by atoms with Crippen LogP contribution in [-0.4, -0.2) is 70.3 Å². The minimum Gasteiger partial charge on any atom is -0.481 e. The second kappa shape index (κ2) is 7.76. The number of likely N-dealkylation sites (tertiary alicyclic amines) is 1. The number of aliphatic carboxylic acids is 1. The van der Waals surface area contributed by atoms with Gasteiger partial charge in [-0.05, 0) is 43.9 Å². The van der Waals surface area contributed by atoms with E-state index in [9.17, 15) is 24.6 Å². The van der Waals surface area contributed by atoms with Crippen molar-refractivity contribution in [3.05, 3.63) is 42.0 Å². The maximum Gasteiger partial charge on any atom is 0.310 e. The van der Waals surface area contributed by atoms with Gasteiger partial charge in [0.1, 0.15) is 11.6 Å². The first-order valence-corrected chi connectivity index (χ1v) is 10.6. The van der Waals surface area contributed by atoms with Gasteiger partial charge in [-0.3, -0.25) is 14.4 Å². The monoisotopic (exact) mass is 428 g/mol. The summed E-state index contributed by atoms with van der Waals surface area (Å²) in [7, 11) is 0.